The van der Waals surface area contributed by atoms with E-state index in [1.807, 2.05) is 26.8 Å². The van der Waals surface area contributed by atoms with Gasteiger partial charge in [-0.1, -0.05) is 39.0 Å². The second-order valence-electron chi connectivity index (χ2n) is 7.12. The monoisotopic (exact) mass is 381 g/mol. The van der Waals surface area contributed by atoms with Crippen molar-refractivity contribution in [3.8, 4) is 0 Å². The molecule has 0 unspecified atom stereocenters. The Morgan fingerprint density at radius 3 is 2.20 bits per heavy atom. The molecular formula is C18H23NO4S2. The molecule has 0 saturated carbocycles. The van der Waals surface area contributed by atoms with Crippen LogP contribution < -0.4 is 0 Å². The predicted molar refractivity (Wildman–Crippen MR) is 98.2 cm³/mol. The number of nitrogens with zero attached hydrogens (tertiary/aromatic N) is 1. The minimum absolute atomic E-state index is 0.0167. The molecule has 2 rings (SSSR count). The lowest BCUT2D eigenvalue weighted by molar-refractivity contribution is 0.583. The van der Waals surface area contributed by atoms with E-state index < -0.39 is 19.7 Å². The minimum Gasteiger partial charge on any atom is -0.244 e. The summed E-state index contributed by atoms with van der Waals surface area (Å²) >= 11 is 0. The highest BCUT2D eigenvalue weighted by molar-refractivity contribution is 7.91. The Morgan fingerprint density at radius 2 is 1.68 bits per heavy atom. The van der Waals surface area contributed by atoms with E-state index >= 15 is 0 Å². The van der Waals surface area contributed by atoms with Gasteiger partial charge in [-0.25, -0.2) is 21.8 Å². The number of aromatic nitrogens is 1. The topological polar surface area (TPSA) is 81.2 Å². The molecule has 1 aromatic heterocycles. The van der Waals surface area contributed by atoms with Crippen molar-refractivity contribution in [3.63, 3.8) is 0 Å². The summed E-state index contributed by atoms with van der Waals surface area (Å²) in [5.41, 5.74) is 1.52. The van der Waals surface area contributed by atoms with Crippen LogP contribution in [-0.4, -0.2) is 33.8 Å². The third-order valence-corrected chi connectivity index (χ3v) is 6.61. The van der Waals surface area contributed by atoms with E-state index in [1.54, 1.807) is 24.3 Å². The highest BCUT2D eigenvalue weighted by atomic mass is 32.2. The number of hydrogen-bond acceptors (Lipinski definition) is 5. The summed E-state index contributed by atoms with van der Waals surface area (Å²) in [4.78, 5) is 4.19. The van der Waals surface area contributed by atoms with Crippen molar-refractivity contribution < 1.29 is 16.8 Å². The van der Waals surface area contributed by atoms with Crippen molar-refractivity contribution in [2.24, 2.45) is 0 Å². The molecule has 0 saturated heterocycles. The van der Waals surface area contributed by atoms with Gasteiger partial charge in [0.2, 0.25) is 0 Å². The summed E-state index contributed by atoms with van der Waals surface area (Å²) < 4.78 is 48.0. The molecule has 25 heavy (non-hydrogen) atoms. The first-order valence-corrected chi connectivity index (χ1v) is 11.4. The molecule has 0 aliphatic carbocycles. The summed E-state index contributed by atoms with van der Waals surface area (Å²) in [6, 6.07) is 10.0. The molecule has 0 radical (unpaired) electrons. The van der Waals surface area contributed by atoms with E-state index in [0.717, 1.165) is 11.8 Å². The Hall–Kier alpha value is -1.73. The number of rotatable bonds is 5. The maximum absolute atomic E-state index is 12.6. The smallest absolute Gasteiger partial charge is 0.192 e. The molecule has 0 bridgehead atoms. The van der Waals surface area contributed by atoms with Crippen molar-refractivity contribution >= 4 is 19.7 Å². The molecule has 136 valence electrons. The lowest BCUT2D eigenvalue weighted by Crippen LogP contribution is -2.14. The zero-order chi connectivity index (χ0) is 18.9. The molecule has 7 heteroatoms. The van der Waals surface area contributed by atoms with E-state index in [4.69, 9.17) is 0 Å². The van der Waals surface area contributed by atoms with E-state index in [1.165, 1.54) is 12.3 Å². The van der Waals surface area contributed by atoms with Gasteiger partial charge in [0, 0.05) is 12.5 Å². The van der Waals surface area contributed by atoms with Crippen molar-refractivity contribution in [1.82, 2.24) is 4.98 Å². The Labute approximate surface area is 150 Å². The molecule has 1 heterocycles. The quantitative estimate of drug-likeness (QED) is 0.795. The van der Waals surface area contributed by atoms with Gasteiger partial charge < -0.3 is 0 Å². The van der Waals surface area contributed by atoms with E-state index in [0.29, 0.717) is 10.5 Å². The standard InChI is InChI=1S/C18H23NO4S2/c1-18(2,3)15-6-5-7-16(12-15)25(22,23)11-10-14-8-9-17(19-13-14)24(4,20)21/h5-9,12-13H,10-11H2,1-4H3. The Balaban J connectivity index is 2.17. The van der Waals surface area contributed by atoms with Crippen LogP contribution in [0.25, 0.3) is 0 Å². The van der Waals surface area contributed by atoms with Gasteiger partial charge in [0.05, 0.1) is 10.6 Å². The first-order chi connectivity index (χ1) is 11.4. The summed E-state index contributed by atoms with van der Waals surface area (Å²) in [7, 11) is -6.78. The van der Waals surface area contributed by atoms with Crippen molar-refractivity contribution in [1.29, 1.82) is 0 Å². The number of hydrogen-bond donors (Lipinski definition) is 0. The third kappa shape index (κ3) is 5.12. The van der Waals surface area contributed by atoms with Crippen molar-refractivity contribution in [2.45, 2.75) is 42.5 Å². The van der Waals surface area contributed by atoms with E-state index in [2.05, 4.69) is 4.98 Å². The second-order valence-corrected chi connectivity index (χ2v) is 11.2. The zero-order valence-corrected chi connectivity index (χ0v) is 16.5. The van der Waals surface area contributed by atoms with Crippen molar-refractivity contribution in [2.75, 3.05) is 12.0 Å². The lowest BCUT2D eigenvalue weighted by Gasteiger charge is -2.19. The van der Waals surface area contributed by atoms with Gasteiger partial charge >= 0.3 is 0 Å². The number of aryl methyl sites for hydroxylation is 1. The molecule has 0 aliphatic rings. The van der Waals surface area contributed by atoms with Gasteiger partial charge in [0.1, 0.15) is 0 Å². The van der Waals surface area contributed by atoms with Crippen LogP contribution >= 0.6 is 0 Å². The zero-order valence-electron chi connectivity index (χ0n) is 14.9. The van der Waals surface area contributed by atoms with Gasteiger partial charge in [0.25, 0.3) is 0 Å². The Kier molecular flexibility index (Phi) is 5.39. The van der Waals surface area contributed by atoms with E-state index in [-0.39, 0.29) is 22.6 Å². The Bertz CT molecular complexity index is 955. The maximum Gasteiger partial charge on any atom is 0.192 e. The van der Waals surface area contributed by atoms with Crippen LogP contribution in [0.4, 0.5) is 0 Å². The van der Waals surface area contributed by atoms with Crippen LogP contribution in [0.15, 0.2) is 52.5 Å². The largest absolute Gasteiger partial charge is 0.244 e. The molecular weight excluding hydrogens is 358 g/mol. The summed E-state index contributed by atoms with van der Waals surface area (Å²) in [5.74, 6) is -0.0551. The van der Waals surface area contributed by atoms with Gasteiger partial charge in [0.15, 0.2) is 24.7 Å². The summed E-state index contributed by atoms with van der Waals surface area (Å²) in [6.45, 7) is 6.11. The number of benzene rings is 1. The van der Waals surface area contributed by atoms with Gasteiger partial charge in [-0.2, -0.15) is 0 Å². The second kappa shape index (κ2) is 6.88. The minimum atomic E-state index is -3.43. The molecule has 0 atom stereocenters. The first-order valence-electron chi connectivity index (χ1n) is 7.88. The normalized spacial score (nSPS) is 13.0. The summed E-state index contributed by atoms with van der Waals surface area (Å²) in [6.07, 6.45) is 2.78. The molecule has 2 aromatic rings. The first kappa shape index (κ1) is 19.6. The number of pyridine rings is 1. The molecule has 0 spiro atoms. The average molecular weight is 382 g/mol. The maximum atomic E-state index is 12.6. The van der Waals surface area contributed by atoms with Crippen LogP contribution in [0.5, 0.6) is 0 Å². The summed E-state index contributed by atoms with van der Waals surface area (Å²) in [5, 5.41) is -0.0167. The molecule has 0 fully saturated rings. The molecule has 5 nitrogen and oxygen atoms in total. The molecule has 0 N–H and O–H groups in total. The fourth-order valence-electron chi connectivity index (χ4n) is 2.30. The van der Waals surface area contributed by atoms with Crippen LogP contribution in [0, 0.1) is 0 Å². The van der Waals surface area contributed by atoms with Gasteiger partial charge in [-0.05, 0) is 41.2 Å². The fraction of sp³-hybridized carbons (Fsp3) is 0.389. The SMILES string of the molecule is CC(C)(C)c1cccc(S(=O)(=O)CCc2ccc(S(C)(=O)=O)nc2)c1. The van der Waals surface area contributed by atoms with Crippen LogP contribution in [-0.2, 0) is 31.5 Å². The van der Waals surface area contributed by atoms with Crippen LogP contribution in [0.1, 0.15) is 31.9 Å². The van der Waals surface area contributed by atoms with Gasteiger partial charge in [-0.15, -0.1) is 0 Å². The van der Waals surface area contributed by atoms with Crippen LogP contribution in [0.3, 0.4) is 0 Å². The fourth-order valence-corrected chi connectivity index (χ4v) is 4.20. The average Bonchev–Trinajstić information content (AvgIpc) is 2.52. The highest BCUT2D eigenvalue weighted by Crippen LogP contribution is 2.25. The molecule has 1 aromatic carbocycles. The molecule has 0 amide bonds. The number of sulfone groups is 2. The predicted octanol–water partition coefficient (Wildman–Crippen LogP) is 2.80. The lowest BCUT2D eigenvalue weighted by atomic mass is 9.87. The molecule has 0 aliphatic heterocycles. The van der Waals surface area contributed by atoms with Crippen molar-refractivity contribution in [3.05, 3.63) is 53.7 Å². The Morgan fingerprint density at radius 1 is 1.00 bits per heavy atom. The van der Waals surface area contributed by atoms with Crippen LogP contribution in [0.2, 0.25) is 0 Å². The third-order valence-electron chi connectivity index (χ3n) is 3.90. The highest BCUT2D eigenvalue weighted by Gasteiger charge is 2.19. The van der Waals surface area contributed by atoms with E-state index in [9.17, 15) is 16.8 Å². The van der Waals surface area contributed by atoms with Gasteiger partial charge in [-0.3, -0.25) is 0 Å².